The summed E-state index contributed by atoms with van der Waals surface area (Å²) in [5.41, 5.74) is 0.934. The molecule has 10 heteroatoms. The van der Waals surface area contributed by atoms with Gasteiger partial charge in [-0.25, -0.2) is 14.3 Å². The van der Waals surface area contributed by atoms with Crippen molar-refractivity contribution in [3.8, 4) is 0 Å². The minimum absolute atomic E-state index is 0.121. The number of carbonyl (C=O) groups excluding carboxylic acids is 2. The highest BCUT2D eigenvalue weighted by Gasteiger charge is 2.42. The first kappa shape index (κ1) is 23.2. The van der Waals surface area contributed by atoms with Gasteiger partial charge in [0, 0.05) is 23.8 Å². The molecule has 33 heavy (non-hydrogen) atoms. The summed E-state index contributed by atoms with van der Waals surface area (Å²) in [4.78, 5) is 26.8. The molecule has 3 heterocycles. The van der Waals surface area contributed by atoms with Crippen molar-refractivity contribution in [3.05, 3.63) is 35.7 Å². The quantitative estimate of drug-likeness (QED) is 0.644. The molecule has 1 aromatic heterocycles. The van der Waals surface area contributed by atoms with E-state index in [1.54, 1.807) is 31.2 Å². The van der Waals surface area contributed by atoms with E-state index in [0.29, 0.717) is 29.9 Å². The molecule has 2 aliphatic heterocycles. The summed E-state index contributed by atoms with van der Waals surface area (Å²) in [6, 6.07) is 7.42. The van der Waals surface area contributed by atoms with E-state index >= 15 is 0 Å². The van der Waals surface area contributed by atoms with Crippen LogP contribution >= 0.6 is 0 Å². The summed E-state index contributed by atoms with van der Waals surface area (Å²) in [7, 11) is 0. The van der Waals surface area contributed by atoms with Crippen molar-refractivity contribution in [2.75, 3.05) is 11.9 Å². The Hall–Kier alpha value is -3.01. The number of nitrogens with zero attached hydrogens (tertiary/aromatic N) is 5. The predicted molar refractivity (Wildman–Crippen MR) is 123 cm³/mol. The summed E-state index contributed by atoms with van der Waals surface area (Å²) in [6.45, 7) is 9.12. The summed E-state index contributed by atoms with van der Waals surface area (Å²) in [5, 5.41) is 18.3. The maximum absolute atomic E-state index is 12.6. The SMILES string of the molecule is CCOC(=O)c1ccc(NC(=O)NC2C[C@H]3CC[C@H](C2)N3Cc2nnnn2C(C)(C)C)cc1. The van der Waals surface area contributed by atoms with Gasteiger partial charge in [-0.15, -0.1) is 5.10 Å². The molecular weight excluding hydrogens is 422 g/mol. The van der Waals surface area contributed by atoms with E-state index in [1.165, 1.54) is 0 Å². The summed E-state index contributed by atoms with van der Waals surface area (Å²) < 4.78 is 6.89. The number of amides is 2. The number of nitrogens with one attached hydrogen (secondary N) is 2. The lowest BCUT2D eigenvalue weighted by molar-refractivity contribution is 0.0526. The largest absolute Gasteiger partial charge is 0.462 e. The molecule has 178 valence electrons. The van der Waals surface area contributed by atoms with Crippen LogP contribution in [-0.4, -0.2) is 61.8 Å². The monoisotopic (exact) mass is 455 g/mol. The van der Waals surface area contributed by atoms with E-state index in [9.17, 15) is 9.59 Å². The summed E-state index contributed by atoms with van der Waals surface area (Å²) >= 11 is 0. The van der Waals surface area contributed by atoms with E-state index < -0.39 is 0 Å². The van der Waals surface area contributed by atoms with Crippen LogP contribution in [0.15, 0.2) is 24.3 Å². The number of urea groups is 1. The van der Waals surface area contributed by atoms with Crippen molar-refractivity contribution in [2.45, 2.75) is 83.6 Å². The molecule has 2 N–H and O–H groups in total. The molecule has 0 aliphatic carbocycles. The molecule has 10 nitrogen and oxygen atoms in total. The number of carbonyl (C=O) groups is 2. The van der Waals surface area contributed by atoms with Gasteiger partial charge in [-0.2, -0.15) is 0 Å². The summed E-state index contributed by atoms with van der Waals surface area (Å²) in [5.74, 6) is 0.516. The predicted octanol–water partition coefficient (Wildman–Crippen LogP) is 2.92. The number of piperidine rings is 1. The minimum Gasteiger partial charge on any atom is -0.462 e. The van der Waals surface area contributed by atoms with Crippen LogP contribution in [0.1, 0.15) is 69.6 Å². The van der Waals surface area contributed by atoms with E-state index in [2.05, 4.69) is 51.8 Å². The second kappa shape index (κ2) is 9.46. The second-order valence-electron chi connectivity index (χ2n) is 9.80. The molecule has 0 unspecified atom stereocenters. The molecule has 2 saturated heterocycles. The van der Waals surface area contributed by atoms with Crippen molar-refractivity contribution in [3.63, 3.8) is 0 Å². The Morgan fingerprint density at radius 1 is 1.12 bits per heavy atom. The molecule has 2 atom stereocenters. The second-order valence-corrected chi connectivity index (χ2v) is 9.80. The molecule has 2 aromatic rings. The Labute approximate surface area is 194 Å². The number of hydrogen-bond donors (Lipinski definition) is 2. The van der Waals surface area contributed by atoms with E-state index in [-0.39, 0.29) is 23.6 Å². The first-order chi connectivity index (χ1) is 15.7. The maximum atomic E-state index is 12.6. The number of tetrazole rings is 1. The molecule has 2 fully saturated rings. The number of fused-ring (bicyclic) bond motifs is 2. The Morgan fingerprint density at radius 3 is 2.39 bits per heavy atom. The molecule has 4 rings (SSSR count). The smallest absolute Gasteiger partial charge is 0.338 e. The van der Waals surface area contributed by atoms with Crippen molar-refractivity contribution in [1.82, 2.24) is 30.4 Å². The molecule has 0 saturated carbocycles. The zero-order valence-corrected chi connectivity index (χ0v) is 19.7. The van der Waals surface area contributed by atoms with E-state index in [4.69, 9.17) is 4.74 Å². The van der Waals surface area contributed by atoms with Crippen molar-refractivity contribution in [2.24, 2.45) is 0 Å². The molecule has 2 bridgehead atoms. The fraction of sp³-hybridized carbons (Fsp3) is 0.609. The van der Waals surface area contributed by atoms with E-state index in [1.807, 2.05) is 4.68 Å². The van der Waals surface area contributed by atoms with Crippen LogP contribution in [0.25, 0.3) is 0 Å². The number of hydrogen-bond acceptors (Lipinski definition) is 7. The highest BCUT2D eigenvalue weighted by atomic mass is 16.5. The van der Waals surface area contributed by atoms with Gasteiger partial charge in [0.2, 0.25) is 0 Å². The lowest BCUT2D eigenvalue weighted by Gasteiger charge is -2.39. The molecule has 2 amide bonds. The Kier molecular flexibility index (Phi) is 6.64. The lowest BCUT2D eigenvalue weighted by Crippen LogP contribution is -2.51. The van der Waals surface area contributed by atoms with Crippen LogP contribution < -0.4 is 10.6 Å². The molecule has 0 radical (unpaired) electrons. The third-order valence-electron chi connectivity index (χ3n) is 6.37. The Bertz CT molecular complexity index is 969. The van der Waals surface area contributed by atoms with Crippen LogP contribution in [0.4, 0.5) is 10.5 Å². The zero-order chi connectivity index (χ0) is 23.6. The van der Waals surface area contributed by atoms with Gasteiger partial charge >= 0.3 is 12.0 Å². The van der Waals surface area contributed by atoms with Crippen molar-refractivity contribution < 1.29 is 14.3 Å². The number of rotatable bonds is 6. The molecule has 2 aliphatic rings. The van der Waals surface area contributed by atoms with Gasteiger partial charge in [-0.1, -0.05) is 0 Å². The van der Waals surface area contributed by atoms with Crippen LogP contribution in [0, 0.1) is 0 Å². The van der Waals surface area contributed by atoms with Crippen LogP contribution in [-0.2, 0) is 16.8 Å². The normalized spacial score (nSPS) is 22.7. The number of aromatic nitrogens is 4. The van der Waals surface area contributed by atoms with Crippen molar-refractivity contribution >= 4 is 17.7 Å². The summed E-state index contributed by atoms with van der Waals surface area (Å²) in [6.07, 6.45) is 4.05. The van der Waals surface area contributed by atoms with Crippen LogP contribution in [0.5, 0.6) is 0 Å². The van der Waals surface area contributed by atoms with Crippen molar-refractivity contribution in [1.29, 1.82) is 0 Å². The van der Waals surface area contributed by atoms with Gasteiger partial charge in [0.1, 0.15) is 0 Å². The highest BCUT2D eigenvalue weighted by Crippen LogP contribution is 2.37. The Morgan fingerprint density at radius 2 is 1.79 bits per heavy atom. The van der Waals surface area contributed by atoms with Gasteiger partial charge in [-0.05, 0) is 88.1 Å². The lowest BCUT2D eigenvalue weighted by atomic mass is 9.97. The van der Waals surface area contributed by atoms with Gasteiger partial charge in [0.05, 0.1) is 24.3 Å². The number of anilines is 1. The molecular formula is C23H33N7O3. The standard InChI is InChI=1S/C23H33N7O3/c1-5-33-21(31)15-6-8-16(9-7-15)24-22(32)25-17-12-18-10-11-19(13-17)29(18)14-20-26-27-28-30(20)23(2,3)4/h6-9,17-19H,5,10-14H2,1-4H3,(H2,24,25,32)/t18-,19-/m1/s1. The Balaban J connectivity index is 1.31. The van der Waals surface area contributed by atoms with Gasteiger partial charge in [-0.3, -0.25) is 4.90 Å². The first-order valence-electron chi connectivity index (χ1n) is 11.6. The maximum Gasteiger partial charge on any atom is 0.338 e. The van der Waals surface area contributed by atoms with E-state index in [0.717, 1.165) is 38.1 Å². The van der Waals surface area contributed by atoms with Gasteiger partial charge in [0.25, 0.3) is 0 Å². The number of ether oxygens (including phenoxy) is 1. The zero-order valence-electron chi connectivity index (χ0n) is 19.7. The average molecular weight is 456 g/mol. The molecule has 1 aromatic carbocycles. The molecule has 0 spiro atoms. The number of benzene rings is 1. The minimum atomic E-state index is -0.368. The van der Waals surface area contributed by atoms with Gasteiger partial charge < -0.3 is 15.4 Å². The first-order valence-corrected chi connectivity index (χ1v) is 11.6. The van der Waals surface area contributed by atoms with Crippen LogP contribution in [0.2, 0.25) is 0 Å². The van der Waals surface area contributed by atoms with Gasteiger partial charge in [0.15, 0.2) is 5.82 Å². The number of esters is 1. The third-order valence-corrected chi connectivity index (χ3v) is 6.37. The third kappa shape index (κ3) is 5.32. The average Bonchev–Trinajstić information content (AvgIpc) is 3.31. The topological polar surface area (TPSA) is 114 Å². The fourth-order valence-electron chi connectivity index (χ4n) is 4.90. The fourth-order valence-corrected chi connectivity index (χ4v) is 4.90. The van der Waals surface area contributed by atoms with Crippen LogP contribution in [0.3, 0.4) is 0 Å². The highest BCUT2D eigenvalue weighted by molar-refractivity contribution is 5.92.